The Morgan fingerprint density at radius 1 is 1.19 bits per heavy atom. The molecule has 1 unspecified atom stereocenters. The molecule has 1 aliphatic heterocycles. The predicted molar refractivity (Wildman–Crippen MR) is 117 cm³/mol. The monoisotopic (exact) mass is 427 g/mol. The van der Waals surface area contributed by atoms with E-state index in [-0.39, 0.29) is 11.8 Å². The summed E-state index contributed by atoms with van der Waals surface area (Å²) in [5, 5.41) is 17.1. The van der Waals surface area contributed by atoms with Crippen LogP contribution in [0.3, 0.4) is 0 Å². The van der Waals surface area contributed by atoms with Crippen LogP contribution in [0, 0.1) is 5.92 Å². The second kappa shape index (κ2) is 9.34. The molecule has 1 aromatic carbocycles. The van der Waals surface area contributed by atoms with Crippen LogP contribution < -0.4 is 5.73 Å². The summed E-state index contributed by atoms with van der Waals surface area (Å²) in [4.78, 5) is 33.2. The first-order chi connectivity index (χ1) is 14.7. The van der Waals surface area contributed by atoms with Gasteiger partial charge < -0.3 is 25.4 Å². The molecule has 1 saturated heterocycles. The molecule has 4 N–H and O–H groups in total. The lowest BCUT2D eigenvalue weighted by Gasteiger charge is -2.44. The Morgan fingerprint density at radius 2 is 1.87 bits per heavy atom. The fourth-order valence-electron chi connectivity index (χ4n) is 4.89. The normalized spacial score (nSPS) is 22.6. The number of hydrogen-bond acceptors (Lipinski definition) is 4. The van der Waals surface area contributed by atoms with Gasteiger partial charge in [-0.05, 0) is 43.5 Å². The van der Waals surface area contributed by atoms with E-state index >= 15 is 0 Å². The third-order valence-corrected chi connectivity index (χ3v) is 6.16. The number of nitrogens with zero attached hydrogens (tertiary/aromatic N) is 2. The molecule has 166 valence electrons. The summed E-state index contributed by atoms with van der Waals surface area (Å²) >= 11 is 0. The molecule has 2 aromatic rings. The second-order valence-corrected chi connectivity index (χ2v) is 8.25. The van der Waals surface area contributed by atoms with Gasteiger partial charge >= 0.3 is 11.9 Å². The third kappa shape index (κ3) is 4.80. The van der Waals surface area contributed by atoms with Crippen molar-refractivity contribution in [3.05, 3.63) is 47.7 Å². The van der Waals surface area contributed by atoms with E-state index in [9.17, 15) is 14.4 Å². The first kappa shape index (κ1) is 22.6. The smallest absolute Gasteiger partial charge is 0.328 e. The summed E-state index contributed by atoms with van der Waals surface area (Å²) in [6, 6.07) is 7.15. The molecular formula is C23H29N3O5. The maximum atomic E-state index is 11.7. The maximum absolute atomic E-state index is 11.7. The number of carbonyl (C=O) groups excluding carboxylic acids is 1. The molecule has 4 rings (SSSR count). The average molecular weight is 428 g/mol. The average Bonchev–Trinajstić information content (AvgIpc) is 3.06. The van der Waals surface area contributed by atoms with Gasteiger partial charge in [0.05, 0.1) is 5.92 Å². The number of aliphatic carboxylic acids is 2. The fourth-order valence-corrected chi connectivity index (χ4v) is 4.89. The molecule has 3 atom stereocenters. The van der Waals surface area contributed by atoms with Gasteiger partial charge in [-0.15, -0.1) is 0 Å². The Hall–Kier alpha value is -3.13. The molecule has 1 fully saturated rings. The van der Waals surface area contributed by atoms with Crippen LogP contribution >= 0.6 is 0 Å². The van der Waals surface area contributed by atoms with E-state index in [1.807, 2.05) is 0 Å². The molecule has 1 aromatic heterocycles. The minimum absolute atomic E-state index is 0.0317. The first-order valence-corrected chi connectivity index (χ1v) is 10.5. The number of nitrogens with two attached hydrogens (primary N) is 1. The minimum atomic E-state index is -1.26. The lowest BCUT2D eigenvalue weighted by Crippen LogP contribution is -2.50. The SMILES string of the molecule is CCCn1cc2c3c(cccc31)[C@H]1CC(C(N)=O)CN(C)[C@@H]1C2.O=C(O)/C=C\C(=O)O. The number of benzene rings is 1. The zero-order chi connectivity index (χ0) is 22.7. The van der Waals surface area contributed by atoms with Crippen molar-refractivity contribution in [2.24, 2.45) is 11.7 Å². The van der Waals surface area contributed by atoms with E-state index in [0.717, 1.165) is 32.4 Å². The number of carboxylic acids is 2. The van der Waals surface area contributed by atoms with Crippen molar-refractivity contribution in [2.45, 2.75) is 44.7 Å². The van der Waals surface area contributed by atoms with Crippen LogP contribution in [0.25, 0.3) is 10.9 Å². The van der Waals surface area contributed by atoms with Crippen molar-refractivity contribution in [3.63, 3.8) is 0 Å². The molecule has 8 nitrogen and oxygen atoms in total. The number of piperidine rings is 1. The minimum Gasteiger partial charge on any atom is -0.478 e. The molecule has 8 heteroatoms. The predicted octanol–water partition coefficient (Wildman–Crippen LogP) is 2.21. The van der Waals surface area contributed by atoms with E-state index in [1.165, 1.54) is 22.0 Å². The highest BCUT2D eigenvalue weighted by Crippen LogP contribution is 2.44. The second-order valence-electron chi connectivity index (χ2n) is 8.25. The van der Waals surface area contributed by atoms with Gasteiger partial charge in [0, 0.05) is 54.3 Å². The summed E-state index contributed by atoms with van der Waals surface area (Å²) in [5.74, 6) is -2.28. The third-order valence-electron chi connectivity index (χ3n) is 6.16. The van der Waals surface area contributed by atoms with Gasteiger partial charge in [-0.2, -0.15) is 0 Å². The van der Waals surface area contributed by atoms with E-state index in [2.05, 4.69) is 47.8 Å². The Bertz CT molecular complexity index is 1010. The summed E-state index contributed by atoms with van der Waals surface area (Å²) in [7, 11) is 2.14. The van der Waals surface area contributed by atoms with Crippen molar-refractivity contribution in [3.8, 4) is 0 Å². The van der Waals surface area contributed by atoms with E-state index in [4.69, 9.17) is 15.9 Å². The quantitative estimate of drug-likeness (QED) is 0.628. The number of aromatic nitrogens is 1. The van der Waals surface area contributed by atoms with E-state index < -0.39 is 11.9 Å². The summed E-state index contributed by atoms with van der Waals surface area (Å²) in [5.41, 5.74) is 9.85. The van der Waals surface area contributed by atoms with Crippen LogP contribution in [0.1, 0.15) is 36.8 Å². The number of likely N-dealkylation sites (N-methyl/N-ethyl adjacent to an activating group) is 1. The van der Waals surface area contributed by atoms with Gasteiger partial charge in [0.25, 0.3) is 0 Å². The van der Waals surface area contributed by atoms with Crippen LogP contribution in [0.2, 0.25) is 0 Å². The van der Waals surface area contributed by atoms with Gasteiger partial charge in [0.2, 0.25) is 5.91 Å². The van der Waals surface area contributed by atoms with Gasteiger partial charge in [-0.3, -0.25) is 4.79 Å². The Balaban J connectivity index is 0.000000293. The molecular weight excluding hydrogens is 398 g/mol. The summed E-state index contributed by atoms with van der Waals surface area (Å²) in [6.45, 7) is 4.08. The largest absolute Gasteiger partial charge is 0.478 e. The summed E-state index contributed by atoms with van der Waals surface area (Å²) in [6.07, 6.45) is 6.58. The van der Waals surface area contributed by atoms with Crippen LogP contribution in [0.4, 0.5) is 0 Å². The van der Waals surface area contributed by atoms with Gasteiger partial charge in [0.1, 0.15) is 0 Å². The molecule has 0 radical (unpaired) electrons. The van der Waals surface area contributed by atoms with E-state index in [1.54, 1.807) is 0 Å². The first-order valence-electron chi connectivity index (χ1n) is 10.5. The highest BCUT2D eigenvalue weighted by atomic mass is 16.4. The molecule has 1 aliphatic carbocycles. The number of carbonyl (C=O) groups is 3. The van der Waals surface area contributed by atoms with Crippen LogP contribution in [-0.2, 0) is 27.3 Å². The van der Waals surface area contributed by atoms with Gasteiger partial charge in [0.15, 0.2) is 0 Å². The molecule has 0 spiro atoms. The van der Waals surface area contributed by atoms with Gasteiger partial charge in [-0.25, -0.2) is 9.59 Å². The molecule has 2 aliphatic rings. The molecule has 0 bridgehead atoms. The van der Waals surface area contributed by atoms with Crippen molar-refractivity contribution in [1.82, 2.24) is 9.47 Å². The number of fused-ring (bicyclic) bond motifs is 2. The zero-order valence-electron chi connectivity index (χ0n) is 17.8. The zero-order valence-corrected chi connectivity index (χ0v) is 17.8. The lowest BCUT2D eigenvalue weighted by molar-refractivity contribution is -0.134. The number of carboxylic acid groups (broad SMARTS) is 2. The highest BCUT2D eigenvalue weighted by molar-refractivity contribution is 5.90. The van der Waals surface area contributed by atoms with Gasteiger partial charge in [-0.1, -0.05) is 19.1 Å². The lowest BCUT2D eigenvalue weighted by atomic mass is 9.72. The number of aryl methyl sites for hydroxylation is 1. The van der Waals surface area contributed by atoms with Crippen LogP contribution in [0.15, 0.2) is 36.5 Å². The number of hydrogen-bond donors (Lipinski definition) is 3. The molecule has 31 heavy (non-hydrogen) atoms. The van der Waals surface area contributed by atoms with Crippen molar-refractivity contribution in [2.75, 3.05) is 13.6 Å². The Kier molecular flexibility index (Phi) is 6.80. The molecule has 2 heterocycles. The molecule has 1 amide bonds. The molecule has 0 saturated carbocycles. The number of amides is 1. The Morgan fingerprint density at radius 3 is 2.45 bits per heavy atom. The van der Waals surface area contributed by atoms with Crippen molar-refractivity contribution >= 4 is 28.7 Å². The Labute approximate surface area is 180 Å². The highest BCUT2D eigenvalue weighted by Gasteiger charge is 2.41. The number of likely N-dealkylation sites (tertiary alicyclic amines) is 1. The van der Waals surface area contributed by atoms with Crippen molar-refractivity contribution < 1.29 is 24.6 Å². The van der Waals surface area contributed by atoms with Crippen LogP contribution in [0.5, 0.6) is 0 Å². The fraction of sp³-hybridized carbons (Fsp3) is 0.435. The topological polar surface area (TPSA) is 126 Å². The van der Waals surface area contributed by atoms with Crippen molar-refractivity contribution in [1.29, 1.82) is 0 Å². The summed E-state index contributed by atoms with van der Waals surface area (Å²) < 4.78 is 2.40. The maximum Gasteiger partial charge on any atom is 0.328 e. The number of rotatable bonds is 5. The van der Waals surface area contributed by atoms with Crippen LogP contribution in [-0.4, -0.2) is 57.2 Å². The van der Waals surface area contributed by atoms with E-state index in [0.29, 0.717) is 24.1 Å². The standard InChI is InChI=1S/C19H25N3O.C4H4O4/c1-3-7-22-11-12-9-17-15(8-13(19(20)23)10-21(17)2)14-5-4-6-16(22)18(12)14;5-3(6)1-2-4(7)8/h4-6,11,13,15,17H,3,7-10H2,1-2H3,(H2,20,23);1-2H,(H,5,6)(H,7,8)/b;2-1-/t13?,15-,17-;/m1./s1. The number of primary amides is 1.